The van der Waals surface area contributed by atoms with Crippen LogP contribution in [0.3, 0.4) is 0 Å². The molecule has 2 aromatic carbocycles. The molecule has 1 atom stereocenters. The normalized spacial score (nSPS) is 16.0. The molecule has 7 nitrogen and oxygen atoms in total. The molecule has 0 aliphatic carbocycles. The van der Waals surface area contributed by atoms with E-state index in [1.807, 2.05) is 32.0 Å². The number of para-hydroxylation sites is 2. The zero-order valence-corrected chi connectivity index (χ0v) is 16.1. The maximum absolute atomic E-state index is 12.6. The predicted octanol–water partition coefficient (Wildman–Crippen LogP) is 2.60. The highest BCUT2D eigenvalue weighted by atomic mass is 32.2. The summed E-state index contributed by atoms with van der Waals surface area (Å²) in [6, 6.07) is 11.8. The van der Waals surface area contributed by atoms with Crippen molar-refractivity contribution in [2.45, 2.75) is 24.8 Å². The summed E-state index contributed by atoms with van der Waals surface area (Å²) in [5.41, 5.74) is 0. The van der Waals surface area contributed by atoms with Crippen LogP contribution in [0.1, 0.15) is 13.8 Å². The molecule has 1 aliphatic heterocycles. The van der Waals surface area contributed by atoms with E-state index in [-0.39, 0.29) is 18.0 Å². The van der Waals surface area contributed by atoms with Crippen molar-refractivity contribution in [3.63, 3.8) is 0 Å². The molecular weight excluding hydrogens is 370 g/mol. The van der Waals surface area contributed by atoms with Gasteiger partial charge in [0.2, 0.25) is 10.0 Å². The minimum absolute atomic E-state index is 0.0911. The highest BCUT2D eigenvalue weighted by Gasteiger charge is 2.24. The second-order valence-electron chi connectivity index (χ2n) is 5.82. The maximum Gasteiger partial charge on any atom is 0.240 e. The predicted molar refractivity (Wildman–Crippen MR) is 100 cm³/mol. The Morgan fingerprint density at radius 3 is 2.48 bits per heavy atom. The van der Waals surface area contributed by atoms with Gasteiger partial charge in [-0.05, 0) is 38.1 Å². The molecule has 1 aliphatic rings. The molecule has 1 heterocycles. The lowest BCUT2D eigenvalue weighted by molar-refractivity contribution is 0.0943. The highest BCUT2D eigenvalue weighted by Crippen LogP contribution is 2.32. The Morgan fingerprint density at radius 1 is 1.04 bits per heavy atom. The van der Waals surface area contributed by atoms with Crippen LogP contribution >= 0.6 is 0 Å². The van der Waals surface area contributed by atoms with E-state index in [0.29, 0.717) is 36.2 Å². The molecule has 0 fully saturated rings. The van der Waals surface area contributed by atoms with Crippen LogP contribution in [0.2, 0.25) is 0 Å². The van der Waals surface area contributed by atoms with E-state index in [4.69, 9.17) is 18.9 Å². The average Bonchev–Trinajstić information content (AvgIpc) is 2.68. The van der Waals surface area contributed by atoms with E-state index < -0.39 is 16.1 Å². The van der Waals surface area contributed by atoms with Crippen LogP contribution in [0.5, 0.6) is 23.0 Å². The molecule has 2 aromatic rings. The van der Waals surface area contributed by atoms with Gasteiger partial charge >= 0.3 is 0 Å². The molecule has 1 unspecified atom stereocenters. The van der Waals surface area contributed by atoms with Gasteiger partial charge in [-0.3, -0.25) is 0 Å². The van der Waals surface area contributed by atoms with Gasteiger partial charge in [0.15, 0.2) is 23.0 Å². The third kappa shape index (κ3) is 4.64. The summed E-state index contributed by atoms with van der Waals surface area (Å²) in [4.78, 5) is 0.103. The molecular formula is C19H23NO6S. The minimum atomic E-state index is -3.73. The topological polar surface area (TPSA) is 83.1 Å². The fourth-order valence-electron chi connectivity index (χ4n) is 2.65. The number of sulfonamides is 1. The molecule has 0 radical (unpaired) electrons. The Hall–Kier alpha value is -2.45. The van der Waals surface area contributed by atoms with Crippen LogP contribution in [0.15, 0.2) is 47.4 Å². The third-order valence-electron chi connectivity index (χ3n) is 3.89. The lowest BCUT2D eigenvalue weighted by Crippen LogP contribution is -2.40. The summed E-state index contributed by atoms with van der Waals surface area (Å²) in [5.74, 6) is 2.17. The molecule has 1 N–H and O–H groups in total. The van der Waals surface area contributed by atoms with Crippen molar-refractivity contribution in [3.8, 4) is 23.0 Å². The lowest BCUT2D eigenvalue weighted by atomic mass is 10.2. The van der Waals surface area contributed by atoms with Crippen LogP contribution in [0.25, 0.3) is 0 Å². The minimum Gasteiger partial charge on any atom is -0.490 e. The first-order valence-electron chi connectivity index (χ1n) is 8.81. The smallest absolute Gasteiger partial charge is 0.240 e. The van der Waals surface area contributed by atoms with Gasteiger partial charge in [-0.2, -0.15) is 0 Å². The van der Waals surface area contributed by atoms with Gasteiger partial charge in [-0.25, -0.2) is 13.1 Å². The van der Waals surface area contributed by atoms with Crippen molar-refractivity contribution in [1.29, 1.82) is 0 Å². The Kier molecular flexibility index (Phi) is 6.08. The second kappa shape index (κ2) is 8.49. The van der Waals surface area contributed by atoms with Crippen LogP contribution in [-0.2, 0) is 10.0 Å². The van der Waals surface area contributed by atoms with Gasteiger partial charge < -0.3 is 18.9 Å². The van der Waals surface area contributed by atoms with Gasteiger partial charge in [0, 0.05) is 6.07 Å². The monoisotopic (exact) mass is 393 g/mol. The summed E-state index contributed by atoms with van der Waals surface area (Å²) in [6.07, 6.45) is -0.413. The molecule has 0 amide bonds. The summed E-state index contributed by atoms with van der Waals surface area (Å²) >= 11 is 0. The SMILES string of the molecule is CCOc1ccc(S(=O)(=O)NCC2COc3ccccc3O2)cc1OCC. The zero-order chi connectivity index (χ0) is 19.3. The number of ether oxygens (including phenoxy) is 4. The second-order valence-corrected chi connectivity index (χ2v) is 7.59. The summed E-state index contributed by atoms with van der Waals surface area (Å²) < 4.78 is 50.2. The standard InChI is InChI=1S/C19H23NO6S/c1-3-23-17-10-9-15(11-19(17)24-4-2)27(21,22)20-12-14-13-25-16-7-5-6-8-18(16)26-14/h5-11,14,20H,3-4,12-13H2,1-2H3. The van der Waals surface area contributed by atoms with Gasteiger partial charge in [-0.1, -0.05) is 12.1 Å². The van der Waals surface area contributed by atoms with Gasteiger partial charge in [-0.15, -0.1) is 0 Å². The van der Waals surface area contributed by atoms with E-state index in [1.54, 1.807) is 12.1 Å². The first-order valence-corrected chi connectivity index (χ1v) is 10.3. The van der Waals surface area contributed by atoms with Gasteiger partial charge in [0.1, 0.15) is 12.7 Å². The number of nitrogens with one attached hydrogen (secondary N) is 1. The van der Waals surface area contributed by atoms with Crippen molar-refractivity contribution in [1.82, 2.24) is 4.72 Å². The molecule has 0 aromatic heterocycles. The number of hydrogen-bond donors (Lipinski definition) is 1. The Bertz CT molecular complexity index is 884. The molecule has 0 spiro atoms. The van der Waals surface area contributed by atoms with Crippen molar-refractivity contribution < 1.29 is 27.4 Å². The van der Waals surface area contributed by atoms with Crippen LogP contribution in [-0.4, -0.2) is 40.9 Å². The largest absolute Gasteiger partial charge is 0.490 e. The van der Waals surface area contributed by atoms with E-state index in [1.165, 1.54) is 12.1 Å². The molecule has 27 heavy (non-hydrogen) atoms. The molecule has 146 valence electrons. The highest BCUT2D eigenvalue weighted by molar-refractivity contribution is 7.89. The van der Waals surface area contributed by atoms with E-state index in [9.17, 15) is 8.42 Å². The molecule has 0 saturated heterocycles. The Balaban J connectivity index is 1.69. The molecule has 0 bridgehead atoms. The number of rotatable bonds is 8. The van der Waals surface area contributed by atoms with E-state index in [2.05, 4.69) is 4.72 Å². The maximum atomic E-state index is 12.6. The molecule has 0 saturated carbocycles. The summed E-state index contributed by atoms with van der Waals surface area (Å²) in [5, 5.41) is 0. The van der Waals surface area contributed by atoms with Gasteiger partial charge in [0.25, 0.3) is 0 Å². The number of hydrogen-bond acceptors (Lipinski definition) is 6. The fraction of sp³-hybridized carbons (Fsp3) is 0.368. The van der Waals surface area contributed by atoms with E-state index >= 15 is 0 Å². The Labute approximate surface area is 159 Å². The van der Waals surface area contributed by atoms with E-state index in [0.717, 1.165) is 0 Å². The fourth-order valence-corrected chi connectivity index (χ4v) is 3.73. The van der Waals surface area contributed by atoms with Crippen molar-refractivity contribution in [3.05, 3.63) is 42.5 Å². The van der Waals surface area contributed by atoms with Gasteiger partial charge in [0.05, 0.1) is 24.7 Å². The van der Waals surface area contributed by atoms with Crippen molar-refractivity contribution in [2.75, 3.05) is 26.4 Å². The third-order valence-corrected chi connectivity index (χ3v) is 5.31. The summed E-state index contributed by atoms with van der Waals surface area (Å²) in [6.45, 7) is 4.91. The summed E-state index contributed by atoms with van der Waals surface area (Å²) in [7, 11) is -3.73. The molecule has 8 heteroatoms. The number of fused-ring (bicyclic) bond motifs is 1. The average molecular weight is 393 g/mol. The van der Waals surface area contributed by atoms with Crippen LogP contribution in [0, 0.1) is 0 Å². The van der Waals surface area contributed by atoms with Crippen LogP contribution in [0.4, 0.5) is 0 Å². The number of benzene rings is 2. The Morgan fingerprint density at radius 2 is 1.74 bits per heavy atom. The van der Waals surface area contributed by atoms with Crippen LogP contribution < -0.4 is 23.7 Å². The lowest BCUT2D eigenvalue weighted by Gasteiger charge is -2.26. The first kappa shape index (κ1) is 19.3. The van der Waals surface area contributed by atoms with Crippen molar-refractivity contribution in [2.24, 2.45) is 0 Å². The zero-order valence-electron chi connectivity index (χ0n) is 15.3. The quantitative estimate of drug-likeness (QED) is 0.742. The first-order chi connectivity index (χ1) is 13.0. The van der Waals surface area contributed by atoms with Crippen molar-refractivity contribution >= 4 is 10.0 Å². The molecule has 3 rings (SSSR count).